The first-order valence-electron chi connectivity index (χ1n) is 4.14. The van der Waals surface area contributed by atoms with E-state index in [0.717, 1.165) is 12.1 Å². The molecule has 0 heterocycles. The molecule has 0 unspecified atom stereocenters. The van der Waals surface area contributed by atoms with Crippen LogP contribution in [0.3, 0.4) is 0 Å². The van der Waals surface area contributed by atoms with E-state index in [2.05, 4.69) is 32.9 Å². The maximum Gasteiger partial charge on any atom is 0.239 e. The summed E-state index contributed by atoms with van der Waals surface area (Å²) in [5.74, 6) is -1.10. The Balaban J connectivity index is 3.08. The van der Waals surface area contributed by atoms with E-state index in [1.807, 2.05) is 0 Å². The van der Waals surface area contributed by atoms with Crippen LogP contribution in [0, 0.1) is 5.82 Å². The van der Waals surface area contributed by atoms with Crippen LogP contribution < -0.4 is 10.5 Å². The molecule has 17 heavy (non-hydrogen) atoms. The first kappa shape index (κ1) is 14.6. The Morgan fingerprint density at radius 1 is 1.59 bits per heavy atom. The molecule has 1 rings (SSSR count). The van der Waals surface area contributed by atoms with Crippen molar-refractivity contribution in [2.75, 3.05) is 10.5 Å². The van der Waals surface area contributed by atoms with Gasteiger partial charge in [-0.05, 0) is 28.1 Å². The fourth-order valence-corrected chi connectivity index (χ4v) is 3.55. The van der Waals surface area contributed by atoms with Crippen molar-refractivity contribution in [3.05, 3.63) is 27.4 Å². The smallest absolute Gasteiger partial charge is 0.239 e. The summed E-state index contributed by atoms with van der Waals surface area (Å²) in [6, 6.07) is 2.08. The molecule has 94 valence electrons. The number of benzene rings is 1. The van der Waals surface area contributed by atoms with Crippen molar-refractivity contribution in [1.82, 2.24) is 0 Å². The Labute approximate surface area is 117 Å². The number of sulfonamides is 1. The van der Waals surface area contributed by atoms with Crippen LogP contribution in [-0.2, 0) is 10.0 Å². The molecule has 0 radical (unpaired) electrons. The zero-order valence-electron chi connectivity index (χ0n) is 8.21. The lowest BCUT2D eigenvalue weighted by Crippen LogP contribution is -2.26. The molecule has 9 heteroatoms. The quantitative estimate of drug-likeness (QED) is 0.807. The van der Waals surface area contributed by atoms with Crippen LogP contribution in [0.2, 0.25) is 5.02 Å². The van der Waals surface area contributed by atoms with Gasteiger partial charge in [-0.2, -0.15) is 0 Å². The monoisotopic (exact) mass is 360 g/mol. The van der Waals surface area contributed by atoms with Crippen LogP contribution in [0.5, 0.6) is 0 Å². The van der Waals surface area contributed by atoms with Crippen molar-refractivity contribution >= 4 is 60.4 Å². The van der Waals surface area contributed by atoms with Gasteiger partial charge < -0.3 is 5.73 Å². The Morgan fingerprint density at radius 2 is 2.18 bits per heavy atom. The van der Waals surface area contributed by atoms with Crippen LogP contribution in [-0.4, -0.2) is 19.2 Å². The molecule has 0 amide bonds. The van der Waals surface area contributed by atoms with Crippen molar-refractivity contribution in [2.45, 2.75) is 0 Å². The predicted molar refractivity (Wildman–Crippen MR) is 73.3 cm³/mol. The summed E-state index contributed by atoms with van der Waals surface area (Å²) in [5.41, 5.74) is 5.19. The van der Waals surface area contributed by atoms with Crippen molar-refractivity contribution < 1.29 is 12.8 Å². The Hall–Kier alpha value is -0.440. The molecular formula is C8H7BrClFN2O2S2. The normalized spacial score (nSPS) is 11.2. The van der Waals surface area contributed by atoms with Gasteiger partial charge in [0.05, 0.1) is 15.7 Å². The van der Waals surface area contributed by atoms with Gasteiger partial charge in [0.15, 0.2) is 0 Å². The molecule has 0 fully saturated rings. The molecular weight excluding hydrogens is 355 g/mol. The van der Waals surface area contributed by atoms with Crippen LogP contribution in [0.1, 0.15) is 0 Å². The fourth-order valence-electron chi connectivity index (χ4n) is 1.02. The Morgan fingerprint density at radius 3 is 2.65 bits per heavy atom. The van der Waals surface area contributed by atoms with Crippen molar-refractivity contribution in [1.29, 1.82) is 0 Å². The average Bonchev–Trinajstić information content (AvgIpc) is 2.09. The SMILES string of the molecule is NC(=S)CS(=O)(=O)Nc1c(Cl)cc(F)cc1Br. The number of hydrogen-bond acceptors (Lipinski definition) is 3. The minimum absolute atomic E-state index is 0.0457. The molecule has 4 nitrogen and oxygen atoms in total. The van der Waals surface area contributed by atoms with Gasteiger partial charge in [-0.15, -0.1) is 0 Å². The summed E-state index contributed by atoms with van der Waals surface area (Å²) >= 11 is 13.2. The topological polar surface area (TPSA) is 72.2 Å². The number of rotatable bonds is 4. The van der Waals surface area contributed by atoms with E-state index in [9.17, 15) is 12.8 Å². The molecule has 0 atom stereocenters. The van der Waals surface area contributed by atoms with E-state index in [1.165, 1.54) is 0 Å². The van der Waals surface area contributed by atoms with Gasteiger partial charge >= 0.3 is 0 Å². The highest BCUT2D eigenvalue weighted by Gasteiger charge is 2.16. The molecule has 0 aliphatic carbocycles. The van der Waals surface area contributed by atoms with Gasteiger partial charge in [-0.25, -0.2) is 12.8 Å². The molecule has 0 saturated heterocycles. The molecule has 0 aromatic heterocycles. The van der Waals surface area contributed by atoms with E-state index >= 15 is 0 Å². The van der Waals surface area contributed by atoms with Gasteiger partial charge in [0.1, 0.15) is 11.6 Å². The number of thiocarbonyl (C=S) groups is 1. The van der Waals surface area contributed by atoms with E-state index in [-0.39, 0.29) is 20.2 Å². The molecule has 1 aromatic rings. The number of nitrogens with one attached hydrogen (secondary N) is 1. The minimum atomic E-state index is -3.74. The van der Waals surface area contributed by atoms with Crippen LogP contribution in [0.25, 0.3) is 0 Å². The molecule has 0 spiro atoms. The van der Waals surface area contributed by atoms with Crippen molar-refractivity contribution in [2.24, 2.45) is 5.73 Å². The molecule has 0 saturated carbocycles. The Bertz CT molecular complexity index is 542. The number of hydrogen-bond donors (Lipinski definition) is 2. The third kappa shape index (κ3) is 4.38. The summed E-state index contributed by atoms with van der Waals surface area (Å²) in [6.07, 6.45) is 0. The van der Waals surface area contributed by atoms with E-state index in [0.29, 0.717) is 0 Å². The Kier molecular flexibility index (Phi) is 4.70. The van der Waals surface area contributed by atoms with Gasteiger partial charge in [-0.3, -0.25) is 4.72 Å². The van der Waals surface area contributed by atoms with Crippen LogP contribution in [0.4, 0.5) is 10.1 Å². The summed E-state index contributed by atoms with van der Waals surface area (Å²) in [5, 5.41) is -0.0663. The summed E-state index contributed by atoms with van der Waals surface area (Å²) in [6.45, 7) is 0. The summed E-state index contributed by atoms with van der Waals surface area (Å²) < 4.78 is 38.4. The first-order valence-corrected chi connectivity index (χ1v) is 7.38. The average molecular weight is 362 g/mol. The van der Waals surface area contributed by atoms with Gasteiger partial charge in [0.2, 0.25) is 10.0 Å². The third-order valence-electron chi connectivity index (χ3n) is 1.60. The lowest BCUT2D eigenvalue weighted by molar-refractivity contribution is 0.604. The second-order valence-corrected chi connectivity index (χ2v) is 6.58. The minimum Gasteiger partial charge on any atom is -0.392 e. The highest BCUT2D eigenvalue weighted by Crippen LogP contribution is 2.32. The van der Waals surface area contributed by atoms with Crippen molar-refractivity contribution in [3.63, 3.8) is 0 Å². The second-order valence-electron chi connectivity index (χ2n) is 3.07. The largest absolute Gasteiger partial charge is 0.392 e. The number of halogens is 3. The molecule has 0 aliphatic heterocycles. The lowest BCUT2D eigenvalue weighted by atomic mass is 10.3. The van der Waals surface area contributed by atoms with Gasteiger partial charge in [0.25, 0.3) is 0 Å². The van der Waals surface area contributed by atoms with Gasteiger partial charge in [-0.1, -0.05) is 23.8 Å². The fraction of sp³-hybridized carbons (Fsp3) is 0.125. The maximum atomic E-state index is 12.9. The number of nitrogens with two attached hydrogens (primary N) is 1. The standard InChI is InChI=1S/C8H7BrClFN2O2S2/c9-5-1-4(11)2-6(10)8(5)13-17(14,15)3-7(12)16/h1-2,13H,3H2,(H2,12,16). The molecule has 0 bridgehead atoms. The maximum absolute atomic E-state index is 12.9. The lowest BCUT2D eigenvalue weighted by Gasteiger charge is -2.10. The van der Waals surface area contributed by atoms with Crippen LogP contribution >= 0.6 is 39.7 Å². The van der Waals surface area contributed by atoms with Crippen LogP contribution in [0.15, 0.2) is 16.6 Å². The first-order chi connectivity index (χ1) is 7.71. The third-order valence-corrected chi connectivity index (χ3v) is 4.05. The zero-order chi connectivity index (χ0) is 13.2. The molecule has 1 aromatic carbocycles. The van der Waals surface area contributed by atoms with E-state index in [1.54, 1.807) is 0 Å². The second kappa shape index (κ2) is 5.47. The molecule has 3 N–H and O–H groups in total. The van der Waals surface area contributed by atoms with E-state index in [4.69, 9.17) is 17.3 Å². The predicted octanol–water partition coefficient (Wildman–Crippen LogP) is 2.27. The van der Waals surface area contributed by atoms with E-state index < -0.39 is 21.6 Å². The summed E-state index contributed by atoms with van der Waals surface area (Å²) in [7, 11) is -3.74. The highest BCUT2D eigenvalue weighted by molar-refractivity contribution is 9.10. The molecule has 0 aliphatic rings. The highest BCUT2D eigenvalue weighted by atomic mass is 79.9. The number of anilines is 1. The van der Waals surface area contributed by atoms with Gasteiger partial charge in [0, 0.05) is 4.47 Å². The zero-order valence-corrected chi connectivity index (χ0v) is 12.2. The summed E-state index contributed by atoms with van der Waals surface area (Å²) in [4.78, 5) is -0.174. The van der Waals surface area contributed by atoms with Crippen molar-refractivity contribution in [3.8, 4) is 0 Å².